The molecule has 0 spiro atoms. The second kappa shape index (κ2) is 5.86. The number of nitrogens with zero attached hydrogens (tertiary/aromatic N) is 1. The maximum atomic E-state index is 12.0. The molecule has 1 heterocycles. The molecule has 1 aliphatic rings. The molecule has 0 unspecified atom stereocenters. The Morgan fingerprint density at radius 2 is 2.11 bits per heavy atom. The minimum atomic E-state index is -0.843. The second-order valence-corrected chi connectivity index (χ2v) is 4.92. The van der Waals surface area contributed by atoms with E-state index in [-0.39, 0.29) is 17.6 Å². The first-order chi connectivity index (χ1) is 9.09. The Balaban J connectivity index is 2.08. The monoisotopic (exact) mass is 266 g/mol. The molecule has 6 heteroatoms. The van der Waals surface area contributed by atoms with E-state index in [1.54, 1.807) is 6.92 Å². The molecule has 1 saturated carbocycles. The maximum absolute atomic E-state index is 12.0. The van der Waals surface area contributed by atoms with E-state index in [0.29, 0.717) is 18.6 Å². The lowest BCUT2D eigenvalue weighted by atomic mass is 9.95. The smallest absolute Gasteiger partial charge is 0.308 e. The zero-order valence-electron chi connectivity index (χ0n) is 10.9. The number of amides is 1. The Labute approximate surface area is 111 Å². The van der Waals surface area contributed by atoms with Crippen LogP contribution in [0.2, 0.25) is 0 Å². The van der Waals surface area contributed by atoms with Crippen molar-refractivity contribution in [1.82, 2.24) is 10.3 Å². The van der Waals surface area contributed by atoms with Crippen molar-refractivity contribution < 1.29 is 19.1 Å². The van der Waals surface area contributed by atoms with Crippen molar-refractivity contribution >= 4 is 11.9 Å². The minimum absolute atomic E-state index is 0.230. The normalized spacial score (nSPS) is 23.6. The summed E-state index contributed by atoms with van der Waals surface area (Å²) in [6, 6.07) is -0.330. The molecule has 1 fully saturated rings. The molecule has 2 rings (SSSR count). The number of oxazole rings is 1. The highest BCUT2D eigenvalue weighted by molar-refractivity contribution is 5.93. The van der Waals surface area contributed by atoms with Crippen molar-refractivity contribution in [3.05, 3.63) is 17.8 Å². The molecule has 0 aliphatic heterocycles. The third-order valence-corrected chi connectivity index (χ3v) is 3.61. The van der Waals surface area contributed by atoms with Gasteiger partial charge in [0.15, 0.2) is 12.1 Å². The van der Waals surface area contributed by atoms with E-state index in [0.717, 1.165) is 19.3 Å². The van der Waals surface area contributed by atoms with Crippen LogP contribution in [0.1, 0.15) is 48.4 Å². The maximum Gasteiger partial charge on any atom is 0.308 e. The summed E-state index contributed by atoms with van der Waals surface area (Å²) < 4.78 is 4.99. The van der Waals surface area contributed by atoms with Gasteiger partial charge in [-0.05, 0) is 19.8 Å². The van der Waals surface area contributed by atoms with Crippen LogP contribution in [0, 0.1) is 12.8 Å². The van der Waals surface area contributed by atoms with E-state index in [2.05, 4.69) is 10.3 Å². The molecule has 19 heavy (non-hydrogen) atoms. The predicted octanol–water partition coefficient (Wildman–Crippen LogP) is 1.75. The van der Waals surface area contributed by atoms with Crippen molar-refractivity contribution in [3.63, 3.8) is 0 Å². The Hall–Kier alpha value is -1.85. The lowest BCUT2D eigenvalue weighted by molar-refractivity contribution is -0.142. The van der Waals surface area contributed by atoms with Crippen LogP contribution in [0.5, 0.6) is 0 Å². The van der Waals surface area contributed by atoms with Crippen LogP contribution in [-0.4, -0.2) is 28.0 Å². The number of aryl methyl sites for hydroxylation is 1. The summed E-state index contributed by atoms with van der Waals surface area (Å²) in [7, 11) is 0. The van der Waals surface area contributed by atoms with Gasteiger partial charge in [-0.3, -0.25) is 9.59 Å². The van der Waals surface area contributed by atoms with Crippen molar-refractivity contribution in [2.75, 3.05) is 0 Å². The van der Waals surface area contributed by atoms with Gasteiger partial charge in [-0.15, -0.1) is 0 Å². The molecule has 1 aromatic rings. The topological polar surface area (TPSA) is 92.4 Å². The number of carboxylic acids is 1. The number of hydrogen-bond acceptors (Lipinski definition) is 4. The van der Waals surface area contributed by atoms with Gasteiger partial charge in [0, 0.05) is 6.04 Å². The van der Waals surface area contributed by atoms with Gasteiger partial charge in [0.05, 0.1) is 5.92 Å². The van der Waals surface area contributed by atoms with E-state index in [9.17, 15) is 14.7 Å². The van der Waals surface area contributed by atoms with Crippen molar-refractivity contribution in [2.24, 2.45) is 5.92 Å². The fraction of sp³-hybridized carbons (Fsp3) is 0.615. The molecule has 1 aliphatic carbocycles. The third-order valence-electron chi connectivity index (χ3n) is 3.61. The number of carbonyl (C=O) groups is 2. The number of aliphatic carboxylic acids is 1. The van der Waals surface area contributed by atoms with E-state index >= 15 is 0 Å². The number of aromatic nitrogens is 1. The molecular formula is C13H18N2O4. The number of rotatable bonds is 3. The number of carbonyl (C=O) groups excluding carboxylic acids is 1. The summed E-state index contributed by atoms with van der Waals surface area (Å²) in [4.78, 5) is 27.2. The van der Waals surface area contributed by atoms with Crippen molar-refractivity contribution in [1.29, 1.82) is 0 Å². The van der Waals surface area contributed by atoms with Crippen LogP contribution in [0.3, 0.4) is 0 Å². The second-order valence-electron chi connectivity index (χ2n) is 4.92. The van der Waals surface area contributed by atoms with Gasteiger partial charge in [0.25, 0.3) is 5.91 Å². The number of carboxylic acid groups (broad SMARTS) is 1. The number of nitrogens with one attached hydrogen (secondary N) is 1. The first-order valence-corrected chi connectivity index (χ1v) is 6.53. The van der Waals surface area contributed by atoms with Gasteiger partial charge in [0.2, 0.25) is 0 Å². The average molecular weight is 266 g/mol. The minimum Gasteiger partial charge on any atom is -0.481 e. The predicted molar refractivity (Wildman–Crippen MR) is 66.7 cm³/mol. The van der Waals surface area contributed by atoms with Crippen LogP contribution in [0.25, 0.3) is 0 Å². The summed E-state index contributed by atoms with van der Waals surface area (Å²) in [5.41, 5.74) is 0.230. The van der Waals surface area contributed by atoms with Gasteiger partial charge in [-0.1, -0.05) is 19.3 Å². The Morgan fingerprint density at radius 3 is 2.74 bits per heavy atom. The fourth-order valence-electron chi connectivity index (χ4n) is 2.54. The van der Waals surface area contributed by atoms with Gasteiger partial charge in [0.1, 0.15) is 5.76 Å². The van der Waals surface area contributed by atoms with Crippen LogP contribution >= 0.6 is 0 Å². The molecule has 0 radical (unpaired) electrons. The molecule has 0 bridgehead atoms. The molecule has 0 aromatic carbocycles. The zero-order chi connectivity index (χ0) is 13.8. The highest BCUT2D eigenvalue weighted by Crippen LogP contribution is 2.24. The lowest BCUT2D eigenvalue weighted by Crippen LogP contribution is -2.43. The summed E-state index contributed by atoms with van der Waals surface area (Å²) >= 11 is 0. The molecule has 1 amide bonds. The first-order valence-electron chi connectivity index (χ1n) is 6.53. The first kappa shape index (κ1) is 13.6. The molecule has 2 atom stereocenters. The van der Waals surface area contributed by atoms with E-state index < -0.39 is 11.9 Å². The van der Waals surface area contributed by atoms with Crippen LogP contribution < -0.4 is 5.32 Å². The summed E-state index contributed by atoms with van der Waals surface area (Å²) in [6.45, 7) is 1.66. The molecule has 6 nitrogen and oxygen atoms in total. The van der Waals surface area contributed by atoms with E-state index in [1.807, 2.05) is 0 Å². The third kappa shape index (κ3) is 3.13. The van der Waals surface area contributed by atoms with Crippen molar-refractivity contribution in [3.8, 4) is 0 Å². The molecular weight excluding hydrogens is 248 g/mol. The van der Waals surface area contributed by atoms with Gasteiger partial charge < -0.3 is 14.8 Å². The Kier molecular flexibility index (Phi) is 4.19. The van der Waals surface area contributed by atoms with Crippen LogP contribution in [0.15, 0.2) is 10.8 Å². The largest absolute Gasteiger partial charge is 0.481 e. The van der Waals surface area contributed by atoms with Gasteiger partial charge in [-0.25, -0.2) is 4.98 Å². The quantitative estimate of drug-likeness (QED) is 0.813. The Morgan fingerprint density at radius 1 is 1.37 bits per heavy atom. The fourth-order valence-corrected chi connectivity index (χ4v) is 2.54. The Bertz CT molecular complexity index is 469. The average Bonchev–Trinajstić information content (AvgIpc) is 2.65. The molecule has 1 aromatic heterocycles. The summed E-state index contributed by atoms with van der Waals surface area (Å²) in [5.74, 6) is -1.27. The standard InChI is InChI=1S/C13H18N2O4/c1-8-11(14-7-19-8)12(16)15-10-6-4-2-3-5-9(10)13(17)18/h7,9-10H,2-6H2,1H3,(H,15,16)(H,17,18)/t9-,10+/m1/s1. The van der Waals surface area contributed by atoms with Crippen LogP contribution in [-0.2, 0) is 4.79 Å². The molecule has 104 valence electrons. The van der Waals surface area contributed by atoms with Gasteiger partial charge in [-0.2, -0.15) is 0 Å². The SMILES string of the molecule is Cc1ocnc1C(=O)N[C@H]1CCCCC[C@H]1C(=O)O. The summed E-state index contributed by atoms with van der Waals surface area (Å²) in [5, 5.41) is 12.0. The molecule has 2 N–H and O–H groups in total. The zero-order valence-corrected chi connectivity index (χ0v) is 10.9. The van der Waals surface area contributed by atoms with E-state index in [4.69, 9.17) is 4.42 Å². The molecule has 0 saturated heterocycles. The number of hydrogen-bond donors (Lipinski definition) is 2. The lowest BCUT2D eigenvalue weighted by Gasteiger charge is -2.22. The highest BCUT2D eigenvalue weighted by Gasteiger charge is 2.31. The van der Waals surface area contributed by atoms with Crippen molar-refractivity contribution in [2.45, 2.75) is 45.1 Å². The van der Waals surface area contributed by atoms with E-state index in [1.165, 1.54) is 6.39 Å². The summed E-state index contributed by atoms with van der Waals surface area (Å²) in [6.07, 6.45) is 5.36. The van der Waals surface area contributed by atoms with Gasteiger partial charge >= 0.3 is 5.97 Å². The highest BCUT2D eigenvalue weighted by atomic mass is 16.4. The van der Waals surface area contributed by atoms with Crippen LogP contribution in [0.4, 0.5) is 0 Å².